The van der Waals surface area contributed by atoms with Gasteiger partial charge in [0.1, 0.15) is 0 Å². The Morgan fingerprint density at radius 1 is 1.13 bits per heavy atom. The van der Waals surface area contributed by atoms with Crippen molar-refractivity contribution in [2.75, 3.05) is 0 Å². The van der Waals surface area contributed by atoms with Gasteiger partial charge in [-0.25, -0.2) is 10.2 Å². The molecule has 2 aromatic carbocycles. The first kappa shape index (κ1) is 15.8. The van der Waals surface area contributed by atoms with Crippen LogP contribution in [0, 0.1) is 10.1 Å². The van der Waals surface area contributed by atoms with Crippen molar-refractivity contribution in [3.05, 3.63) is 75.3 Å². The molecule has 0 aliphatic rings. The summed E-state index contributed by atoms with van der Waals surface area (Å²) >= 11 is 0. The van der Waals surface area contributed by atoms with Crippen LogP contribution in [0.15, 0.2) is 53.6 Å². The van der Waals surface area contributed by atoms with Crippen molar-refractivity contribution in [2.24, 2.45) is 5.10 Å². The fraction of sp³-hybridized carbons (Fsp3) is 0. The summed E-state index contributed by atoms with van der Waals surface area (Å²) in [5.41, 5.74) is 2.90. The van der Waals surface area contributed by atoms with E-state index >= 15 is 0 Å². The predicted octanol–water partition coefficient (Wildman–Crippen LogP) is 2.06. The Morgan fingerprint density at radius 2 is 1.83 bits per heavy atom. The van der Waals surface area contributed by atoms with E-state index in [0.717, 1.165) is 6.07 Å². The molecule has 0 heterocycles. The van der Waals surface area contributed by atoms with Gasteiger partial charge < -0.3 is 5.11 Å². The van der Waals surface area contributed by atoms with Crippen molar-refractivity contribution in [3.8, 4) is 0 Å². The maximum Gasteiger partial charge on any atom is 0.335 e. The third-order valence-corrected chi connectivity index (χ3v) is 2.86. The fourth-order valence-electron chi connectivity index (χ4n) is 1.70. The van der Waals surface area contributed by atoms with Crippen molar-refractivity contribution in [3.63, 3.8) is 0 Å². The zero-order valence-corrected chi connectivity index (χ0v) is 11.7. The second kappa shape index (κ2) is 6.94. The highest BCUT2D eigenvalue weighted by Gasteiger charge is 2.10. The Bertz CT molecular complexity index is 784. The summed E-state index contributed by atoms with van der Waals surface area (Å²) in [6, 6.07) is 11.1. The molecule has 8 heteroatoms. The fourth-order valence-corrected chi connectivity index (χ4v) is 1.70. The molecule has 0 spiro atoms. The lowest BCUT2D eigenvalue weighted by molar-refractivity contribution is -0.384. The molecule has 116 valence electrons. The molecule has 0 atom stereocenters. The molecule has 2 aromatic rings. The summed E-state index contributed by atoms with van der Waals surface area (Å²) in [4.78, 5) is 32.6. The molecule has 23 heavy (non-hydrogen) atoms. The second-order valence-electron chi connectivity index (χ2n) is 4.43. The number of aromatic carboxylic acids is 1. The van der Waals surface area contributed by atoms with Crippen LogP contribution in [0.25, 0.3) is 0 Å². The number of nitro groups is 1. The standard InChI is InChI=1S/C15H11N3O5/c19-14(12-2-1-3-13(8-12)18(22)23)17-16-9-10-4-6-11(7-5-10)15(20)21/h1-9H,(H,17,19)(H,20,21)/b16-9-. The highest BCUT2D eigenvalue weighted by molar-refractivity contribution is 5.95. The Hall–Kier alpha value is -3.55. The molecule has 0 saturated heterocycles. The van der Waals surface area contributed by atoms with Crippen molar-refractivity contribution < 1.29 is 19.6 Å². The van der Waals surface area contributed by atoms with E-state index in [1.165, 1.54) is 48.7 Å². The monoisotopic (exact) mass is 313 g/mol. The third kappa shape index (κ3) is 4.21. The zero-order chi connectivity index (χ0) is 16.8. The molecule has 0 unspecified atom stereocenters. The molecule has 0 fully saturated rings. The normalized spacial score (nSPS) is 10.4. The molecule has 0 radical (unpaired) electrons. The molecule has 0 aliphatic heterocycles. The summed E-state index contributed by atoms with van der Waals surface area (Å²) in [5, 5.41) is 23.2. The summed E-state index contributed by atoms with van der Waals surface area (Å²) in [7, 11) is 0. The summed E-state index contributed by atoms with van der Waals surface area (Å²) in [6.45, 7) is 0. The molecular weight excluding hydrogens is 302 g/mol. The Balaban J connectivity index is 2.02. The number of non-ortho nitro benzene ring substituents is 1. The minimum atomic E-state index is -1.03. The van der Waals surface area contributed by atoms with Crippen LogP contribution in [0.3, 0.4) is 0 Å². The average molecular weight is 313 g/mol. The van der Waals surface area contributed by atoms with Crippen LogP contribution in [0.5, 0.6) is 0 Å². The SMILES string of the molecule is O=C(O)c1ccc(/C=N\NC(=O)c2cccc([N+](=O)[O-])c2)cc1. The molecular formula is C15H11N3O5. The van der Waals surface area contributed by atoms with E-state index in [1.807, 2.05) is 0 Å². The van der Waals surface area contributed by atoms with Gasteiger partial charge in [-0.15, -0.1) is 0 Å². The van der Waals surface area contributed by atoms with Gasteiger partial charge in [-0.2, -0.15) is 5.10 Å². The maximum absolute atomic E-state index is 11.8. The lowest BCUT2D eigenvalue weighted by Gasteiger charge is -2.00. The number of hydrogen-bond acceptors (Lipinski definition) is 5. The number of hydrogen-bond donors (Lipinski definition) is 2. The first-order chi connectivity index (χ1) is 11.0. The van der Waals surface area contributed by atoms with Crippen LogP contribution in [0.2, 0.25) is 0 Å². The quantitative estimate of drug-likeness (QED) is 0.497. The number of carboxylic acids is 1. The Kier molecular flexibility index (Phi) is 4.78. The van der Waals surface area contributed by atoms with Crippen molar-refractivity contribution >= 4 is 23.8 Å². The number of amides is 1. The molecule has 0 saturated carbocycles. The predicted molar refractivity (Wildman–Crippen MR) is 81.6 cm³/mol. The molecule has 2 N–H and O–H groups in total. The summed E-state index contributed by atoms with van der Waals surface area (Å²) in [6.07, 6.45) is 1.33. The molecule has 0 aromatic heterocycles. The number of nitro benzene ring substituents is 1. The van der Waals surface area contributed by atoms with Crippen LogP contribution in [0.4, 0.5) is 5.69 Å². The third-order valence-electron chi connectivity index (χ3n) is 2.86. The van der Waals surface area contributed by atoms with E-state index in [4.69, 9.17) is 5.11 Å². The first-order valence-electron chi connectivity index (χ1n) is 6.38. The molecule has 2 rings (SSSR count). The van der Waals surface area contributed by atoms with Gasteiger partial charge in [-0.1, -0.05) is 18.2 Å². The number of rotatable bonds is 5. The van der Waals surface area contributed by atoms with Crippen LogP contribution in [0.1, 0.15) is 26.3 Å². The number of carboxylic acid groups (broad SMARTS) is 1. The van der Waals surface area contributed by atoms with E-state index < -0.39 is 16.8 Å². The minimum Gasteiger partial charge on any atom is -0.478 e. The van der Waals surface area contributed by atoms with Gasteiger partial charge in [0.25, 0.3) is 11.6 Å². The van der Waals surface area contributed by atoms with Crippen molar-refractivity contribution in [1.82, 2.24) is 5.43 Å². The van der Waals surface area contributed by atoms with Crippen LogP contribution >= 0.6 is 0 Å². The topological polar surface area (TPSA) is 122 Å². The second-order valence-corrected chi connectivity index (χ2v) is 4.43. The van der Waals surface area contributed by atoms with Gasteiger partial charge in [0.2, 0.25) is 0 Å². The number of carbonyl (C=O) groups is 2. The summed E-state index contributed by atoms with van der Waals surface area (Å²) < 4.78 is 0. The smallest absolute Gasteiger partial charge is 0.335 e. The van der Waals surface area contributed by atoms with E-state index in [2.05, 4.69) is 10.5 Å². The largest absolute Gasteiger partial charge is 0.478 e. The zero-order valence-electron chi connectivity index (χ0n) is 11.7. The molecule has 0 aliphatic carbocycles. The van der Waals surface area contributed by atoms with E-state index in [1.54, 1.807) is 0 Å². The average Bonchev–Trinajstić information content (AvgIpc) is 2.55. The van der Waals surface area contributed by atoms with Crippen LogP contribution in [-0.4, -0.2) is 28.1 Å². The lowest BCUT2D eigenvalue weighted by atomic mass is 10.1. The molecule has 8 nitrogen and oxygen atoms in total. The number of benzene rings is 2. The molecule has 0 bridgehead atoms. The van der Waals surface area contributed by atoms with Crippen molar-refractivity contribution in [1.29, 1.82) is 0 Å². The van der Waals surface area contributed by atoms with Gasteiger partial charge in [0.15, 0.2) is 0 Å². The Labute approximate surface area is 130 Å². The highest BCUT2D eigenvalue weighted by Crippen LogP contribution is 2.12. The number of nitrogens with zero attached hydrogens (tertiary/aromatic N) is 2. The minimum absolute atomic E-state index is 0.109. The van der Waals surface area contributed by atoms with Crippen molar-refractivity contribution in [2.45, 2.75) is 0 Å². The number of nitrogens with one attached hydrogen (secondary N) is 1. The Morgan fingerprint density at radius 3 is 2.43 bits per heavy atom. The van der Waals surface area contributed by atoms with Gasteiger partial charge in [0, 0.05) is 17.7 Å². The van der Waals surface area contributed by atoms with E-state index in [0.29, 0.717) is 5.56 Å². The molecule has 1 amide bonds. The van der Waals surface area contributed by atoms with Crippen LogP contribution < -0.4 is 5.43 Å². The summed E-state index contributed by atoms with van der Waals surface area (Å²) in [5.74, 6) is -1.63. The van der Waals surface area contributed by atoms with Crippen LogP contribution in [-0.2, 0) is 0 Å². The van der Waals surface area contributed by atoms with E-state index in [9.17, 15) is 19.7 Å². The van der Waals surface area contributed by atoms with Gasteiger partial charge >= 0.3 is 5.97 Å². The van der Waals surface area contributed by atoms with Gasteiger partial charge in [-0.3, -0.25) is 14.9 Å². The first-order valence-corrected chi connectivity index (χ1v) is 6.38. The maximum atomic E-state index is 11.8. The van der Waals surface area contributed by atoms with Gasteiger partial charge in [0.05, 0.1) is 16.7 Å². The van der Waals surface area contributed by atoms with E-state index in [-0.39, 0.29) is 16.8 Å². The number of carbonyl (C=O) groups excluding carboxylic acids is 1. The lowest BCUT2D eigenvalue weighted by Crippen LogP contribution is -2.17. The highest BCUT2D eigenvalue weighted by atomic mass is 16.6. The van der Waals surface area contributed by atoms with Gasteiger partial charge in [-0.05, 0) is 23.8 Å². The number of hydrazone groups is 1.